The molecule has 6 heteroatoms. The predicted octanol–water partition coefficient (Wildman–Crippen LogP) is 3.10. The Morgan fingerprint density at radius 2 is 1.75 bits per heavy atom. The maximum atomic E-state index is 12.2. The van der Waals surface area contributed by atoms with Crippen LogP contribution < -0.4 is 9.62 Å². The molecule has 0 saturated heterocycles. The molecule has 2 aromatic rings. The first-order valence-corrected chi connectivity index (χ1v) is 9.52. The zero-order valence-corrected chi connectivity index (χ0v) is 14.9. The summed E-state index contributed by atoms with van der Waals surface area (Å²) in [4.78, 5) is 12.2. The molecule has 2 aromatic carbocycles. The van der Waals surface area contributed by atoms with Crippen LogP contribution in [0.25, 0.3) is 0 Å². The van der Waals surface area contributed by atoms with Crippen LogP contribution in [-0.2, 0) is 14.8 Å². The van der Waals surface area contributed by atoms with Gasteiger partial charge in [0.05, 0.1) is 11.9 Å². The molecule has 1 N–H and O–H groups in total. The molecule has 5 nitrogen and oxygen atoms in total. The van der Waals surface area contributed by atoms with E-state index in [4.69, 9.17) is 0 Å². The van der Waals surface area contributed by atoms with Gasteiger partial charge in [-0.15, -0.1) is 0 Å². The quantitative estimate of drug-likeness (QED) is 0.874. The highest BCUT2D eigenvalue weighted by Crippen LogP contribution is 2.19. The van der Waals surface area contributed by atoms with Crippen LogP contribution >= 0.6 is 0 Å². The molecule has 0 unspecified atom stereocenters. The molecule has 0 radical (unpaired) electrons. The summed E-state index contributed by atoms with van der Waals surface area (Å²) < 4.78 is 25.2. The Balaban J connectivity index is 2.05. The minimum atomic E-state index is -3.45. The number of hydrogen-bond donors (Lipinski definition) is 1. The lowest BCUT2D eigenvalue weighted by Crippen LogP contribution is -2.33. The lowest BCUT2D eigenvalue weighted by atomic mass is 10.1. The van der Waals surface area contributed by atoms with E-state index < -0.39 is 10.0 Å². The topological polar surface area (TPSA) is 66.5 Å². The molecular weight excluding hydrogens is 324 g/mol. The third-order valence-corrected chi connectivity index (χ3v) is 4.84. The van der Waals surface area contributed by atoms with Gasteiger partial charge in [0, 0.05) is 18.7 Å². The number of rotatable bonds is 6. The van der Waals surface area contributed by atoms with Gasteiger partial charge in [0.2, 0.25) is 15.9 Å². The van der Waals surface area contributed by atoms with Crippen molar-refractivity contribution >= 4 is 27.3 Å². The molecule has 2 rings (SSSR count). The van der Waals surface area contributed by atoms with Crippen molar-refractivity contribution in [2.75, 3.05) is 22.4 Å². The summed E-state index contributed by atoms with van der Waals surface area (Å²) in [5, 5.41) is 2.84. The molecule has 0 heterocycles. The first-order valence-electron chi connectivity index (χ1n) is 7.67. The standard InChI is InChI=1S/C18H22N2O3S/c1-14-9-10-17(15(2)13-14)19-18(21)11-12-20(24(3,22)23)16-7-5-4-6-8-16/h4-10,13H,11-12H2,1-3H3,(H,19,21). The van der Waals surface area contributed by atoms with Crippen molar-refractivity contribution in [2.24, 2.45) is 0 Å². The van der Waals surface area contributed by atoms with Crippen molar-refractivity contribution in [1.82, 2.24) is 0 Å². The summed E-state index contributed by atoms with van der Waals surface area (Å²) in [6, 6.07) is 14.5. The van der Waals surface area contributed by atoms with Gasteiger partial charge >= 0.3 is 0 Å². The van der Waals surface area contributed by atoms with Crippen LogP contribution in [0.3, 0.4) is 0 Å². The maximum absolute atomic E-state index is 12.2. The van der Waals surface area contributed by atoms with Crippen LogP contribution in [0.15, 0.2) is 48.5 Å². The lowest BCUT2D eigenvalue weighted by Gasteiger charge is -2.22. The average molecular weight is 346 g/mol. The second-order valence-electron chi connectivity index (χ2n) is 5.79. The Kier molecular flexibility index (Phi) is 5.62. The lowest BCUT2D eigenvalue weighted by molar-refractivity contribution is -0.116. The van der Waals surface area contributed by atoms with E-state index in [-0.39, 0.29) is 18.9 Å². The van der Waals surface area contributed by atoms with E-state index in [2.05, 4.69) is 5.32 Å². The monoisotopic (exact) mass is 346 g/mol. The summed E-state index contributed by atoms with van der Waals surface area (Å²) in [6.45, 7) is 4.01. The van der Waals surface area contributed by atoms with Gasteiger partial charge in [-0.1, -0.05) is 35.9 Å². The molecule has 0 spiro atoms. The van der Waals surface area contributed by atoms with Crippen LogP contribution in [0.4, 0.5) is 11.4 Å². The molecule has 128 valence electrons. The number of nitrogens with one attached hydrogen (secondary N) is 1. The number of carbonyl (C=O) groups is 1. The fourth-order valence-electron chi connectivity index (χ4n) is 2.45. The van der Waals surface area contributed by atoms with Gasteiger partial charge in [-0.25, -0.2) is 8.42 Å². The number of amides is 1. The Hall–Kier alpha value is -2.34. The molecule has 0 aromatic heterocycles. The molecule has 0 bridgehead atoms. The van der Waals surface area contributed by atoms with Gasteiger partial charge in [-0.3, -0.25) is 9.10 Å². The second-order valence-corrected chi connectivity index (χ2v) is 7.69. The summed E-state index contributed by atoms with van der Waals surface area (Å²) in [6.07, 6.45) is 1.22. The summed E-state index contributed by atoms with van der Waals surface area (Å²) in [5.41, 5.74) is 3.40. The molecule has 0 fully saturated rings. The van der Waals surface area contributed by atoms with Crippen LogP contribution in [0.2, 0.25) is 0 Å². The highest BCUT2D eigenvalue weighted by Gasteiger charge is 2.18. The van der Waals surface area contributed by atoms with Crippen molar-refractivity contribution in [3.8, 4) is 0 Å². The highest BCUT2D eigenvalue weighted by molar-refractivity contribution is 7.92. The third kappa shape index (κ3) is 4.83. The van der Waals surface area contributed by atoms with Crippen LogP contribution in [0, 0.1) is 13.8 Å². The van der Waals surface area contributed by atoms with Crippen molar-refractivity contribution in [3.63, 3.8) is 0 Å². The minimum absolute atomic E-state index is 0.0787. The van der Waals surface area contributed by atoms with Crippen molar-refractivity contribution in [3.05, 3.63) is 59.7 Å². The van der Waals surface area contributed by atoms with Gasteiger partial charge < -0.3 is 5.32 Å². The zero-order chi connectivity index (χ0) is 17.7. The number of hydrogen-bond acceptors (Lipinski definition) is 3. The molecular formula is C18H22N2O3S. The number of nitrogens with zero attached hydrogens (tertiary/aromatic N) is 1. The largest absolute Gasteiger partial charge is 0.326 e. The molecule has 1 amide bonds. The van der Waals surface area contributed by atoms with Crippen LogP contribution in [0.1, 0.15) is 17.5 Å². The highest BCUT2D eigenvalue weighted by atomic mass is 32.2. The summed E-state index contributed by atoms with van der Waals surface area (Å²) >= 11 is 0. The predicted molar refractivity (Wildman–Crippen MR) is 97.8 cm³/mol. The van der Waals surface area contributed by atoms with Gasteiger partial charge in [-0.05, 0) is 37.6 Å². The third-order valence-electron chi connectivity index (χ3n) is 3.64. The van der Waals surface area contributed by atoms with Crippen molar-refractivity contribution in [1.29, 1.82) is 0 Å². The fraction of sp³-hybridized carbons (Fsp3) is 0.278. The number of para-hydroxylation sites is 1. The molecule has 0 atom stereocenters. The maximum Gasteiger partial charge on any atom is 0.232 e. The van der Waals surface area contributed by atoms with E-state index in [0.29, 0.717) is 5.69 Å². The molecule has 24 heavy (non-hydrogen) atoms. The molecule has 0 aliphatic rings. The Bertz CT molecular complexity index is 817. The molecule has 0 aliphatic carbocycles. The van der Waals surface area contributed by atoms with Crippen molar-refractivity contribution < 1.29 is 13.2 Å². The van der Waals surface area contributed by atoms with Gasteiger partial charge in [0.25, 0.3) is 0 Å². The summed E-state index contributed by atoms with van der Waals surface area (Å²) in [7, 11) is -3.45. The van der Waals surface area contributed by atoms with Gasteiger partial charge in [0.15, 0.2) is 0 Å². The smallest absolute Gasteiger partial charge is 0.232 e. The SMILES string of the molecule is Cc1ccc(NC(=O)CCN(c2ccccc2)S(C)(=O)=O)c(C)c1. The van der Waals surface area contributed by atoms with E-state index in [1.54, 1.807) is 24.3 Å². The number of anilines is 2. The minimum Gasteiger partial charge on any atom is -0.326 e. The Morgan fingerprint density at radius 1 is 1.08 bits per heavy atom. The van der Waals surface area contributed by atoms with E-state index in [9.17, 15) is 13.2 Å². The number of benzene rings is 2. The van der Waals surface area contributed by atoms with Crippen LogP contribution in [0.5, 0.6) is 0 Å². The van der Waals surface area contributed by atoms with E-state index in [1.807, 2.05) is 38.1 Å². The summed E-state index contributed by atoms with van der Waals surface area (Å²) in [5.74, 6) is -0.216. The van der Waals surface area contributed by atoms with Crippen LogP contribution in [-0.4, -0.2) is 27.1 Å². The van der Waals surface area contributed by atoms with E-state index in [0.717, 1.165) is 23.1 Å². The molecule has 0 saturated carbocycles. The van der Waals surface area contributed by atoms with Crippen molar-refractivity contribution in [2.45, 2.75) is 20.3 Å². The van der Waals surface area contributed by atoms with E-state index >= 15 is 0 Å². The first-order chi connectivity index (χ1) is 11.3. The average Bonchev–Trinajstić information content (AvgIpc) is 2.50. The van der Waals surface area contributed by atoms with E-state index in [1.165, 1.54) is 4.31 Å². The number of sulfonamides is 1. The molecule has 0 aliphatic heterocycles. The second kappa shape index (κ2) is 7.49. The number of aryl methyl sites for hydroxylation is 2. The normalized spacial score (nSPS) is 11.1. The first kappa shape index (κ1) is 18.0. The fourth-order valence-corrected chi connectivity index (χ4v) is 3.38. The Labute approximate surface area is 143 Å². The number of carbonyl (C=O) groups excluding carboxylic acids is 1. The van der Waals surface area contributed by atoms with Gasteiger partial charge in [-0.2, -0.15) is 0 Å². The zero-order valence-electron chi connectivity index (χ0n) is 14.1. The Morgan fingerprint density at radius 3 is 2.33 bits per heavy atom. The van der Waals surface area contributed by atoms with Gasteiger partial charge in [0.1, 0.15) is 0 Å².